The SMILES string of the molecule is CCOC(=O)[C@@H]1[C@@H](C(=O)N[C@@H]2O[C@H](COCc3ccccc3)[C@@H](O[C@@H]3O[C@@H]4COC(c5ccccc5)O[C@H]4[C@H](OCc4ccccc4)[C@H]3NC(C)=O)[C@H](OCc3ccccc3)[C@H]2NC(C)=O)N1C(=O)c1ccccc1. The van der Waals surface area contributed by atoms with Crippen molar-refractivity contribution in [2.24, 2.45) is 0 Å². The van der Waals surface area contributed by atoms with Crippen LogP contribution in [0.5, 0.6) is 0 Å². The molecule has 4 aliphatic heterocycles. The lowest BCUT2D eigenvalue weighted by Crippen LogP contribution is -2.72. The first-order valence-electron chi connectivity index (χ1n) is 25.2. The minimum absolute atomic E-state index is 0.00331. The Bertz CT molecular complexity index is 2670. The van der Waals surface area contributed by atoms with E-state index in [0.29, 0.717) is 0 Å². The molecule has 0 aromatic heterocycles. The molecule has 5 aromatic rings. The van der Waals surface area contributed by atoms with E-state index in [1.807, 2.05) is 121 Å². The summed E-state index contributed by atoms with van der Waals surface area (Å²) < 4.78 is 59.1. The van der Waals surface area contributed by atoms with Crippen LogP contribution in [0.1, 0.15) is 59.7 Å². The Morgan fingerprint density at radius 2 is 1.15 bits per heavy atom. The fourth-order valence-electron chi connectivity index (χ4n) is 9.74. The number of ether oxygens (including phenoxy) is 9. The molecule has 4 heterocycles. The first-order chi connectivity index (χ1) is 36.6. The van der Waals surface area contributed by atoms with Crippen LogP contribution in [-0.4, -0.2) is 128 Å². The van der Waals surface area contributed by atoms with Gasteiger partial charge in [-0.1, -0.05) is 140 Å². The molecule has 4 fully saturated rings. The molecule has 9 rings (SSSR count). The molecule has 4 amide bonds. The fraction of sp³-hybridized carbons (Fsp3) is 0.386. The highest BCUT2D eigenvalue weighted by molar-refractivity contribution is 6.07. The van der Waals surface area contributed by atoms with Crippen LogP contribution >= 0.6 is 0 Å². The molecule has 5 aromatic carbocycles. The van der Waals surface area contributed by atoms with Crippen molar-refractivity contribution in [3.63, 3.8) is 0 Å². The van der Waals surface area contributed by atoms with Crippen LogP contribution in [0.25, 0.3) is 0 Å². The molecule has 0 spiro atoms. The molecule has 18 nitrogen and oxygen atoms in total. The molecule has 4 saturated heterocycles. The molecular formula is C57H62N4O14. The van der Waals surface area contributed by atoms with Crippen molar-refractivity contribution >= 4 is 29.6 Å². The predicted octanol–water partition coefficient (Wildman–Crippen LogP) is 4.91. The van der Waals surface area contributed by atoms with Crippen molar-refractivity contribution in [1.29, 1.82) is 0 Å². The summed E-state index contributed by atoms with van der Waals surface area (Å²) in [6.07, 6.45) is -9.35. The normalized spacial score (nSPS) is 28.0. The van der Waals surface area contributed by atoms with E-state index in [4.69, 9.17) is 42.6 Å². The van der Waals surface area contributed by atoms with Gasteiger partial charge in [-0.3, -0.25) is 19.2 Å². The highest BCUT2D eigenvalue weighted by atomic mass is 16.8. The number of hydrogen-bond donors (Lipinski definition) is 3. The maximum atomic E-state index is 14.6. The molecule has 1 unspecified atom stereocenters. The van der Waals surface area contributed by atoms with Gasteiger partial charge in [0, 0.05) is 25.0 Å². The number of carbonyl (C=O) groups excluding carboxylic acids is 5. The predicted molar refractivity (Wildman–Crippen MR) is 269 cm³/mol. The number of nitrogens with zero attached hydrogens (tertiary/aromatic N) is 1. The molecule has 75 heavy (non-hydrogen) atoms. The van der Waals surface area contributed by atoms with Gasteiger partial charge in [0.15, 0.2) is 24.8 Å². The quantitative estimate of drug-likeness (QED) is 0.0701. The molecule has 4 aliphatic rings. The van der Waals surface area contributed by atoms with Gasteiger partial charge < -0.3 is 63.5 Å². The first-order valence-corrected chi connectivity index (χ1v) is 25.2. The Morgan fingerprint density at radius 3 is 1.73 bits per heavy atom. The number of carbonyl (C=O) groups is 5. The summed E-state index contributed by atoms with van der Waals surface area (Å²) in [6, 6.07) is 41.4. The zero-order valence-electron chi connectivity index (χ0n) is 41.8. The molecule has 0 bridgehead atoms. The Balaban J connectivity index is 1.07. The third-order valence-corrected chi connectivity index (χ3v) is 13.2. The number of nitrogens with one attached hydrogen (secondary N) is 3. The van der Waals surface area contributed by atoms with Gasteiger partial charge in [0.05, 0.1) is 39.6 Å². The van der Waals surface area contributed by atoms with E-state index in [2.05, 4.69) is 16.0 Å². The fourth-order valence-corrected chi connectivity index (χ4v) is 9.74. The number of benzene rings is 5. The number of fused-ring (bicyclic) bond motifs is 1. The summed E-state index contributed by atoms with van der Waals surface area (Å²) in [7, 11) is 0. The van der Waals surface area contributed by atoms with Crippen molar-refractivity contribution in [1.82, 2.24) is 20.9 Å². The number of amides is 4. The second-order valence-electron chi connectivity index (χ2n) is 18.6. The lowest BCUT2D eigenvalue weighted by Gasteiger charge is -2.52. The molecule has 0 saturated carbocycles. The molecule has 0 radical (unpaired) electrons. The Hall–Kier alpha value is -6.87. The van der Waals surface area contributed by atoms with Gasteiger partial charge in [0.2, 0.25) is 17.7 Å². The average molecular weight is 1030 g/mol. The summed E-state index contributed by atoms with van der Waals surface area (Å²) in [5.41, 5.74) is 3.56. The lowest BCUT2D eigenvalue weighted by atomic mass is 9.93. The summed E-state index contributed by atoms with van der Waals surface area (Å²) in [4.78, 5) is 69.8. The van der Waals surface area contributed by atoms with Gasteiger partial charge in [-0.25, -0.2) is 4.79 Å². The minimum atomic E-state index is -1.37. The number of hydrogen-bond acceptors (Lipinski definition) is 14. The van der Waals surface area contributed by atoms with Gasteiger partial charge >= 0.3 is 5.97 Å². The van der Waals surface area contributed by atoms with Gasteiger partial charge in [0.1, 0.15) is 54.7 Å². The maximum absolute atomic E-state index is 14.6. The van der Waals surface area contributed by atoms with E-state index in [0.717, 1.165) is 27.2 Å². The summed E-state index contributed by atoms with van der Waals surface area (Å²) in [5.74, 6) is -2.97. The van der Waals surface area contributed by atoms with Gasteiger partial charge in [0.25, 0.3) is 5.91 Å². The van der Waals surface area contributed by atoms with E-state index in [1.54, 1.807) is 37.3 Å². The van der Waals surface area contributed by atoms with Crippen molar-refractivity contribution in [3.8, 4) is 0 Å². The molecular weight excluding hydrogens is 965 g/mol. The Morgan fingerprint density at radius 1 is 0.600 bits per heavy atom. The highest BCUT2D eigenvalue weighted by Crippen LogP contribution is 2.39. The standard InChI is InChI=1S/C57H62N4O14/c1-4-68-55(66)47-46(61(47)54(65)40-26-16-8-17-27-40)52(64)60-53-44(58-35(2)62)50(69-31-38-22-12-6-13-23-38)48(42(72-53)33-67-30-37-20-10-5-11-21-37)75-57-45(59-36(3)63)51(70-32-39-24-14-7-15-25-39)49-43(73-57)34-71-56(74-49)41-28-18-9-19-29-41/h5-29,42-51,53,56-57H,4,30-34H2,1-3H3,(H,58,62)(H,59,63)(H,60,64)/t42-,43-,44-,45-,46+,47+,48-,49-,50-,51-,53-,56?,57+,61?/m1/s1. The zero-order valence-corrected chi connectivity index (χ0v) is 41.8. The van der Waals surface area contributed by atoms with E-state index in [1.165, 1.54) is 13.8 Å². The molecule has 394 valence electrons. The summed E-state index contributed by atoms with van der Waals surface area (Å²) in [6.45, 7) is 4.54. The van der Waals surface area contributed by atoms with Crippen LogP contribution in [0.4, 0.5) is 0 Å². The third-order valence-electron chi connectivity index (χ3n) is 13.2. The number of esters is 1. The van der Waals surface area contributed by atoms with Crippen molar-refractivity contribution < 1.29 is 66.6 Å². The molecule has 18 heteroatoms. The topological polar surface area (TPSA) is 208 Å². The van der Waals surface area contributed by atoms with Crippen LogP contribution in [0.15, 0.2) is 152 Å². The molecule has 3 N–H and O–H groups in total. The second kappa shape index (κ2) is 25.1. The zero-order chi connectivity index (χ0) is 52.3. The summed E-state index contributed by atoms with van der Waals surface area (Å²) in [5, 5.41) is 8.91. The van der Waals surface area contributed by atoms with Gasteiger partial charge in [-0.2, -0.15) is 0 Å². The van der Waals surface area contributed by atoms with Crippen LogP contribution in [0.2, 0.25) is 0 Å². The van der Waals surface area contributed by atoms with Crippen LogP contribution < -0.4 is 16.0 Å². The maximum Gasteiger partial charge on any atom is 0.331 e. The van der Waals surface area contributed by atoms with Gasteiger partial charge in [-0.15, -0.1) is 0 Å². The summed E-state index contributed by atoms with van der Waals surface area (Å²) >= 11 is 0. The van der Waals surface area contributed by atoms with Gasteiger partial charge in [-0.05, 0) is 35.7 Å². The largest absolute Gasteiger partial charge is 0.464 e. The van der Waals surface area contributed by atoms with E-state index in [-0.39, 0.29) is 45.2 Å². The monoisotopic (exact) mass is 1030 g/mol. The first kappa shape index (κ1) is 53.0. The van der Waals surface area contributed by atoms with Crippen molar-refractivity contribution in [2.75, 3.05) is 19.8 Å². The highest BCUT2D eigenvalue weighted by Gasteiger charge is 2.62. The van der Waals surface area contributed by atoms with Crippen LogP contribution in [0, 0.1) is 0 Å². The third kappa shape index (κ3) is 13.2. The van der Waals surface area contributed by atoms with Crippen LogP contribution in [-0.2, 0) is 81.6 Å². The molecule has 0 aliphatic carbocycles. The minimum Gasteiger partial charge on any atom is -0.464 e. The lowest BCUT2D eigenvalue weighted by molar-refractivity contribution is -0.366. The Kier molecular flexibility index (Phi) is 17.7. The average Bonchev–Trinajstić information content (AvgIpc) is 4.20. The van der Waals surface area contributed by atoms with E-state index < -0.39 is 109 Å². The van der Waals surface area contributed by atoms with Crippen molar-refractivity contribution in [2.45, 2.75) is 120 Å². The van der Waals surface area contributed by atoms with E-state index >= 15 is 0 Å². The molecule has 13 atom stereocenters. The van der Waals surface area contributed by atoms with Crippen LogP contribution in [0.3, 0.4) is 0 Å². The number of rotatable bonds is 20. The van der Waals surface area contributed by atoms with E-state index in [9.17, 15) is 24.0 Å². The Labute approximate surface area is 435 Å². The smallest absolute Gasteiger partial charge is 0.331 e. The van der Waals surface area contributed by atoms with Crippen molar-refractivity contribution in [3.05, 3.63) is 179 Å². The second-order valence-corrected chi connectivity index (χ2v) is 18.6.